The number of hydrogen-bond acceptors (Lipinski definition) is 3. The van der Waals surface area contributed by atoms with Crippen LogP contribution >= 0.6 is 0 Å². The minimum Gasteiger partial charge on any atom is -0.329 e. The molecule has 0 radical (unpaired) electrons. The maximum Gasteiger partial charge on any atom is 0.0357 e. The Morgan fingerprint density at radius 3 is 2.44 bits per heavy atom. The first-order valence-corrected chi connectivity index (χ1v) is 7.66. The molecular weight excluding hydrogens is 222 g/mol. The molecule has 18 heavy (non-hydrogen) atoms. The molecule has 1 aliphatic carbocycles. The normalized spacial score (nSPS) is 29.2. The SMILES string of the molecule is CCN(CCCN(C)C)C1(CN)CCCCC1C. The van der Waals surface area contributed by atoms with Crippen molar-refractivity contribution >= 4 is 0 Å². The second-order valence-corrected chi connectivity index (χ2v) is 6.19. The summed E-state index contributed by atoms with van der Waals surface area (Å²) < 4.78 is 0. The number of hydrogen-bond donors (Lipinski definition) is 1. The summed E-state index contributed by atoms with van der Waals surface area (Å²) in [6, 6.07) is 0. The predicted molar refractivity (Wildman–Crippen MR) is 79.8 cm³/mol. The Morgan fingerprint density at radius 1 is 1.22 bits per heavy atom. The van der Waals surface area contributed by atoms with E-state index >= 15 is 0 Å². The van der Waals surface area contributed by atoms with E-state index in [0.717, 1.165) is 19.0 Å². The van der Waals surface area contributed by atoms with Gasteiger partial charge in [-0.25, -0.2) is 0 Å². The molecule has 108 valence electrons. The van der Waals surface area contributed by atoms with Crippen LogP contribution < -0.4 is 5.73 Å². The lowest BCUT2D eigenvalue weighted by Crippen LogP contribution is -2.59. The molecule has 0 aromatic rings. The first-order chi connectivity index (χ1) is 8.56. The van der Waals surface area contributed by atoms with Gasteiger partial charge < -0.3 is 10.6 Å². The van der Waals surface area contributed by atoms with E-state index in [-0.39, 0.29) is 5.54 Å². The van der Waals surface area contributed by atoms with Crippen molar-refractivity contribution in [1.29, 1.82) is 0 Å². The van der Waals surface area contributed by atoms with Gasteiger partial charge in [-0.05, 0) is 58.9 Å². The first-order valence-electron chi connectivity index (χ1n) is 7.66. The highest BCUT2D eigenvalue weighted by molar-refractivity contribution is 4.98. The molecular formula is C15H33N3. The third-order valence-electron chi connectivity index (χ3n) is 4.81. The summed E-state index contributed by atoms with van der Waals surface area (Å²) in [5, 5.41) is 0. The lowest BCUT2D eigenvalue weighted by molar-refractivity contribution is 0.0150. The molecule has 0 spiro atoms. The standard InChI is InChI=1S/C15H33N3/c1-5-18(12-8-11-17(3)4)15(13-16)10-7-6-9-14(15)2/h14H,5-13,16H2,1-4H3. The van der Waals surface area contributed by atoms with Crippen LogP contribution in [0.25, 0.3) is 0 Å². The summed E-state index contributed by atoms with van der Waals surface area (Å²) >= 11 is 0. The topological polar surface area (TPSA) is 32.5 Å². The summed E-state index contributed by atoms with van der Waals surface area (Å²) in [5.74, 6) is 0.746. The fourth-order valence-corrected chi connectivity index (χ4v) is 3.57. The van der Waals surface area contributed by atoms with Gasteiger partial charge in [-0.2, -0.15) is 0 Å². The van der Waals surface area contributed by atoms with Crippen molar-refractivity contribution in [3.63, 3.8) is 0 Å². The minimum absolute atomic E-state index is 0.277. The van der Waals surface area contributed by atoms with Gasteiger partial charge in [0.05, 0.1) is 0 Å². The summed E-state index contributed by atoms with van der Waals surface area (Å²) in [4.78, 5) is 4.94. The lowest BCUT2D eigenvalue weighted by atomic mass is 9.72. The van der Waals surface area contributed by atoms with Crippen LogP contribution in [0.15, 0.2) is 0 Å². The fourth-order valence-electron chi connectivity index (χ4n) is 3.57. The molecule has 1 fully saturated rings. The average Bonchev–Trinajstić information content (AvgIpc) is 2.36. The predicted octanol–water partition coefficient (Wildman–Crippen LogP) is 2.17. The van der Waals surface area contributed by atoms with E-state index in [2.05, 4.69) is 37.7 Å². The van der Waals surface area contributed by atoms with Crippen molar-refractivity contribution in [1.82, 2.24) is 9.80 Å². The molecule has 0 aliphatic heterocycles. The zero-order valence-corrected chi connectivity index (χ0v) is 12.9. The van der Waals surface area contributed by atoms with Gasteiger partial charge in [0.2, 0.25) is 0 Å². The number of likely N-dealkylation sites (N-methyl/N-ethyl adjacent to an activating group) is 1. The number of rotatable bonds is 7. The summed E-state index contributed by atoms with van der Waals surface area (Å²) in [6.07, 6.45) is 6.63. The third-order valence-corrected chi connectivity index (χ3v) is 4.81. The van der Waals surface area contributed by atoms with Crippen molar-refractivity contribution in [3.8, 4) is 0 Å². The van der Waals surface area contributed by atoms with E-state index in [9.17, 15) is 0 Å². The summed E-state index contributed by atoms with van der Waals surface area (Å²) in [6.45, 7) is 9.01. The molecule has 2 unspecified atom stereocenters. The molecule has 0 heterocycles. The molecule has 1 rings (SSSR count). The van der Waals surface area contributed by atoms with E-state index < -0.39 is 0 Å². The van der Waals surface area contributed by atoms with E-state index in [4.69, 9.17) is 5.73 Å². The van der Waals surface area contributed by atoms with Crippen molar-refractivity contribution < 1.29 is 0 Å². The van der Waals surface area contributed by atoms with Gasteiger partial charge in [0.25, 0.3) is 0 Å². The van der Waals surface area contributed by atoms with Crippen molar-refractivity contribution in [2.24, 2.45) is 11.7 Å². The fraction of sp³-hybridized carbons (Fsp3) is 1.00. The van der Waals surface area contributed by atoms with Gasteiger partial charge in [0, 0.05) is 12.1 Å². The summed E-state index contributed by atoms with van der Waals surface area (Å²) in [5.41, 5.74) is 6.46. The van der Waals surface area contributed by atoms with Gasteiger partial charge >= 0.3 is 0 Å². The van der Waals surface area contributed by atoms with Gasteiger partial charge in [-0.15, -0.1) is 0 Å². The quantitative estimate of drug-likeness (QED) is 0.757. The van der Waals surface area contributed by atoms with E-state index in [0.29, 0.717) is 0 Å². The zero-order valence-electron chi connectivity index (χ0n) is 12.9. The van der Waals surface area contributed by atoms with E-state index in [1.54, 1.807) is 0 Å². The minimum atomic E-state index is 0.277. The monoisotopic (exact) mass is 255 g/mol. The Hall–Kier alpha value is -0.120. The van der Waals surface area contributed by atoms with Gasteiger partial charge in [0.15, 0.2) is 0 Å². The number of nitrogens with two attached hydrogens (primary N) is 1. The zero-order chi connectivity index (χ0) is 13.6. The Labute approximate surface area is 114 Å². The molecule has 1 saturated carbocycles. The third kappa shape index (κ3) is 3.69. The van der Waals surface area contributed by atoms with Crippen LogP contribution in [0.2, 0.25) is 0 Å². The largest absolute Gasteiger partial charge is 0.329 e. The maximum atomic E-state index is 6.18. The molecule has 2 N–H and O–H groups in total. The molecule has 0 aromatic heterocycles. The number of nitrogens with zero attached hydrogens (tertiary/aromatic N) is 2. The molecule has 0 amide bonds. The smallest absolute Gasteiger partial charge is 0.0357 e. The van der Waals surface area contributed by atoms with E-state index in [1.807, 2.05) is 0 Å². The van der Waals surface area contributed by atoms with Crippen LogP contribution in [0.4, 0.5) is 0 Å². The second-order valence-electron chi connectivity index (χ2n) is 6.19. The molecule has 0 bridgehead atoms. The first kappa shape index (κ1) is 15.9. The van der Waals surface area contributed by atoms with Crippen molar-refractivity contribution in [3.05, 3.63) is 0 Å². The lowest BCUT2D eigenvalue weighted by Gasteiger charge is -2.50. The highest BCUT2D eigenvalue weighted by Crippen LogP contribution is 2.37. The van der Waals surface area contributed by atoms with Crippen LogP contribution in [0.5, 0.6) is 0 Å². The molecule has 0 saturated heterocycles. The van der Waals surface area contributed by atoms with Crippen LogP contribution in [-0.2, 0) is 0 Å². The van der Waals surface area contributed by atoms with Gasteiger partial charge in [-0.3, -0.25) is 4.90 Å². The molecule has 3 heteroatoms. The Balaban J connectivity index is 2.63. The Morgan fingerprint density at radius 2 is 1.94 bits per heavy atom. The highest BCUT2D eigenvalue weighted by Gasteiger charge is 2.40. The van der Waals surface area contributed by atoms with Crippen molar-refractivity contribution in [2.45, 2.75) is 51.5 Å². The van der Waals surface area contributed by atoms with Crippen LogP contribution in [0.1, 0.15) is 46.0 Å². The molecule has 1 aliphatic rings. The van der Waals surface area contributed by atoms with Crippen LogP contribution in [0.3, 0.4) is 0 Å². The Kier molecular flexibility index (Phi) is 6.61. The van der Waals surface area contributed by atoms with Crippen molar-refractivity contribution in [2.75, 3.05) is 40.3 Å². The molecule has 3 nitrogen and oxygen atoms in total. The van der Waals surface area contributed by atoms with Crippen LogP contribution in [-0.4, -0.2) is 55.6 Å². The maximum absolute atomic E-state index is 6.18. The average molecular weight is 255 g/mol. The molecule has 2 atom stereocenters. The van der Waals surface area contributed by atoms with E-state index in [1.165, 1.54) is 45.2 Å². The Bertz CT molecular complexity index is 230. The second kappa shape index (κ2) is 7.46. The van der Waals surface area contributed by atoms with Crippen LogP contribution in [0, 0.1) is 5.92 Å². The highest BCUT2D eigenvalue weighted by atomic mass is 15.2. The summed E-state index contributed by atoms with van der Waals surface area (Å²) in [7, 11) is 4.30. The van der Waals surface area contributed by atoms with Gasteiger partial charge in [0.1, 0.15) is 0 Å². The van der Waals surface area contributed by atoms with Gasteiger partial charge in [-0.1, -0.05) is 26.7 Å². The molecule has 0 aromatic carbocycles.